The van der Waals surface area contributed by atoms with Gasteiger partial charge in [-0.15, -0.1) is 17.5 Å². The molecule has 0 aliphatic carbocycles. The fourth-order valence-corrected chi connectivity index (χ4v) is 4.86. The summed E-state index contributed by atoms with van der Waals surface area (Å²) in [4.78, 5) is 34.1. The van der Waals surface area contributed by atoms with Crippen LogP contribution in [0.1, 0.15) is 53.6 Å². The molecule has 0 unspecified atom stereocenters. The highest BCUT2D eigenvalue weighted by Crippen LogP contribution is 2.32. The van der Waals surface area contributed by atoms with Gasteiger partial charge in [-0.25, -0.2) is 14.2 Å². The molecule has 2 heterocycles. The molecule has 1 amide bonds. The van der Waals surface area contributed by atoms with Crippen LogP contribution in [0.25, 0.3) is 5.65 Å². The number of nitrogens with two attached hydrogens (primary N) is 1. The van der Waals surface area contributed by atoms with Gasteiger partial charge in [0.2, 0.25) is 0 Å². The van der Waals surface area contributed by atoms with Gasteiger partial charge in [0, 0.05) is 6.54 Å². The molecule has 2 aromatic heterocycles. The first kappa shape index (κ1) is 31.1. The molecular formula is C28H33Cl2FN6O3. The number of methoxy groups -OCH3 is 1. The van der Waals surface area contributed by atoms with Crippen molar-refractivity contribution in [1.82, 2.24) is 24.1 Å². The van der Waals surface area contributed by atoms with Crippen LogP contribution in [-0.2, 0) is 6.54 Å². The van der Waals surface area contributed by atoms with E-state index in [9.17, 15) is 14.0 Å². The summed E-state index contributed by atoms with van der Waals surface area (Å²) in [5.41, 5.74) is 6.91. The largest absolute Gasteiger partial charge is 0.479 e. The minimum absolute atomic E-state index is 0. The number of rotatable bonds is 10. The molecule has 0 radical (unpaired) electrons. The quantitative estimate of drug-likeness (QED) is 0.288. The molecule has 0 aliphatic rings. The van der Waals surface area contributed by atoms with Crippen molar-refractivity contribution in [2.24, 2.45) is 11.7 Å². The van der Waals surface area contributed by atoms with E-state index in [1.807, 2.05) is 44.2 Å². The number of hydrogen-bond acceptors (Lipinski definition) is 6. The van der Waals surface area contributed by atoms with E-state index in [1.54, 1.807) is 17.9 Å². The lowest BCUT2D eigenvalue weighted by Crippen LogP contribution is -2.43. The van der Waals surface area contributed by atoms with Crippen molar-refractivity contribution in [2.45, 2.75) is 39.8 Å². The fourth-order valence-electron chi connectivity index (χ4n) is 4.63. The summed E-state index contributed by atoms with van der Waals surface area (Å²) in [5, 5.41) is 4.27. The summed E-state index contributed by atoms with van der Waals surface area (Å²) in [5.74, 6) is -0.997. The van der Waals surface area contributed by atoms with E-state index in [0.29, 0.717) is 24.4 Å². The van der Waals surface area contributed by atoms with Crippen LogP contribution in [0.3, 0.4) is 0 Å². The summed E-state index contributed by atoms with van der Waals surface area (Å²) in [7, 11) is 1.40. The molecule has 1 atom stereocenters. The Kier molecular flexibility index (Phi) is 10.3. The second-order valence-corrected chi connectivity index (χ2v) is 10.1. The topological polar surface area (TPSA) is 108 Å². The van der Waals surface area contributed by atoms with E-state index < -0.39 is 23.5 Å². The standard InChI is InChI=1S/C28H32ClFN6O3.ClH/c1-17(2)23(34(14-8-13-31)27(37)20-12-11-18(3)15-21(20)30)25-32-24-22(29)26(39-4)33-36(24)28(38)35(25)16-19-9-6-5-7-10-19;/h5-7,9-12,15,17,23H,8,13-14,16,31H2,1-4H3;1H/t23-;/m1./s1. The molecule has 40 heavy (non-hydrogen) atoms. The molecule has 2 aromatic carbocycles. The molecule has 12 heteroatoms. The van der Waals surface area contributed by atoms with Gasteiger partial charge in [-0.1, -0.05) is 61.8 Å². The average molecular weight is 592 g/mol. The number of ether oxygens (including phenoxy) is 1. The molecule has 4 aromatic rings. The maximum atomic E-state index is 15.0. The predicted molar refractivity (Wildman–Crippen MR) is 155 cm³/mol. The minimum atomic E-state index is -0.719. The van der Waals surface area contributed by atoms with Crippen LogP contribution in [0.15, 0.2) is 53.3 Å². The molecule has 0 fully saturated rings. The van der Waals surface area contributed by atoms with Crippen LogP contribution in [0, 0.1) is 18.7 Å². The first-order valence-electron chi connectivity index (χ1n) is 12.7. The van der Waals surface area contributed by atoms with Gasteiger partial charge in [-0.3, -0.25) is 9.36 Å². The van der Waals surface area contributed by atoms with Crippen molar-refractivity contribution in [3.8, 4) is 5.88 Å². The maximum absolute atomic E-state index is 15.0. The summed E-state index contributed by atoms with van der Waals surface area (Å²) in [6.07, 6.45) is 0.467. The number of amides is 1. The molecule has 214 valence electrons. The Labute approximate surface area is 243 Å². The maximum Gasteiger partial charge on any atom is 0.352 e. The third-order valence-corrected chi connectivity index (χ3v) is 6.84. The summed E-state index contributed by atoms with van der Waals surface area (Å²) >= 11 is 6.49. The lowest BCUT2D eigenvalue weighted by molar-refractivity contribution is 0.0597. The number of carbonyl (C=O) groups excluding carboxylic acids is 1. The van der Waals surface area contributed by atoms with Crippen molar-refractivity contribution >= 4 is 35.6 Å². The summed E-state index contributed by atoms with van der Waals surface area (Å²) in [6.45, 7) is 6.31. The number of hydrogen-bond donors (Lipinski definition) is 1. The molecule has 0 bridgehead atoms. The van der Waals surface area contributed by atoms with Gasteiger partial charge in [0.15, 0.2) is 5.65 Å². The SMILES string of the molecule is COc1nn2c(=O)n(Cc3ccccc3)c([C@@H](C(C)C)N(CCCN)C(=O)c3ccc(C)cc3F)nc2c1Cl.Cl. The van der Waals surface area contributed by atoms with E-state index in [1.165, 1.54) is 23.8 Å². The summed E-state index contributed by atoms with van der Waals surface area (Å²) < 4.78 is 22.8. The van der Waals surface area contributed by atoms with Gasteiger partial charge in [-0.05, 0) is 49.1 Å². The lowest BCUT2D eigenvalue weighted by Gasteiger charge is -2.35. The van der Waals surface area contributed by atoms with Crippen LogP contribution in [0.5, 0.6) is 5.88 Å². The molecule has 2 N–H and O–H groups in total. The number of carbonyl (C=O) groups is 1. The highest BCUT2D eigenvalue weighted by molar-refractivity contribution is 6.34. The van der Waals surface area contributed by atoms with Crippen molar-refractivity contribution in [3.05, 3.63) is 92.4 Å². The van der Waals surface area contributed by atoms with Crippen LogP contribution in [0.4, 0.5) is 4.39 Å². The lowest BCUT2D eigenvalue weighted by atomic mass is 9.99. The Hall–Kier alpha value is -3.47. The Morgan fingerprint density at radius 1 is 1.20 bits per heavy atom. The van der Waals surface area contributed by atoms with Crippen molar-refractivity contribution in [1.29, 1.82) is 0 Å². The Bertz CT molecular complexity index is 1540. The first-order chi connectivity index (χ1) is 18.7. The first-order valence-corrected chi connectivity index (χ1v) is 13.1. The Balaban J connectivity index is 0.00000441. The zero-order valence-electron chi connectivity index (χ0n) is 22.8. The summed E-state index contributed by atoms with van der Waals surface area (Å²) in [6, 6.07) is 13.2. The van der Waals surface area contributed by atoms with Crippen LogP contribution in [-0.4, -0.2) is 50.2 Å². The number of fused-ring (bicyclic) bond motifs is 1. The van der Waals surface area contributed by atoms with E-state index in [2.05, 4.69) is 5.10 Å². The fraction of sp³-hybridized carbons (Fsp3) is 0.357. The molecule has 0 aliphatic heterocycles. The minimum Gasteiger partial charge on any atom is -0.479 e. The monoisotopic (exact) mass is 590 g/mol. The van der Waals surface area contributed by atoms with E-state index in [4.69, 9.17) is 27.1 Å². The number of aromatic nitrogens is 4. The third-order valence-electron chi connectivity index (χ3n) is 6.51. The van der Waals surface area contributed by atoms with E-state index >= 15 is 0 Å². The second kappa shape index (κ2) is 13.3. The van der Waals surface area contributed by atoms with E-state index in [-0.39, 0.29) is 53.5 Å². The van der Waals surface area contributed by atoms with E-state index in [0.717, 1.165) is 10.1 Å². The van der Waals surface area contributed by atoms with Gasteiger partial charge in [0.1, 0.15) is 16.7 Å². The number of nitrogens with zero attached hydrogens (tertiary/aromatic N) is 5. The Morgan fingerprint density at radius 2 is 1.90 bits per heavy atom. The van der Waals surface area contributed by atoms with Crippen molar-refractivity contribution < 1.29 is 13.9 Å². The molecular weight excluding hydrogens is 558 g/mol. The molecule has 0 saturated carbocycles. The third kappa shape index (κ3) is 6.14. The second-order valence-electron chi connectivity index (χ2n) is 9.70. The van der Waals surface area contributed by atoms with Gasteiger partial charge < -0.3 is 15.4 Å². The smallest absolute Gasteiger partial charge is 0.352 e. The molecule has 0 spiro atoms. The highest BCUT2D eigenvalue weighted by Gasteiger charge is 2.34. The normalized spacial score (nSPS) is 11.9. The highest BCUT2D eigenvalue weighted by atomic mass is 35.5. The van der Waals surface area contributed by atoms with Gasteiger partial charge >= 0.3 is 5.69 Å². The number of halogens is 3. The molecule has 4 rings (SSSR count). The van der Waals surface area contributed by atoms with Crippen LogP contribution >= 0.6 is 24.0 Å². The molecule has 0 saturated heterocycles. The predicted octanol–water partition coefficient (Wildman–Crippen LogP) is 4.66. The van der Waals surface area contributed by atoms with Gasteiger partial charge in [0.25, 0.3) is 11.8 Å². The van der Waals surface area contributed by atoms with Gasteiger partial charge in [-0.2, -0.15) is 4.52 Å². The van der Waals surface area contributed by atoms with Crippen molar-refractivity contribution in [3.63, 3.8) is 0 Å². The number of benzene rings is 2. The Morgan fingerprint density at radius 3 is 2.50 bits per heavy atom. The average Bonchev–Trinajstić information content (AvgIpc) is 3.23. The zero-order valence-corrected chi connectivity index (χ0v) is 24.4. The molecule has 9 nitrogen and oxygen atoms in total. The van der Waals surface area contributed by atoms with Crippen LogP contribution < -0.4 is 16.2 Å². The van der Waals surface area contributed by atoms with Crippen molar-refractivity contribution in [2.75, 3.05) is 20.2 Å². The number of aryl methyl sites for hydroxylation is 1. The zero-order chi connectivity index (χ0) is 28.3. The van der Waals surface area contributed by atoms with Crippen LogP contribution in [0.2, 0.25) is 5.02 Å². The van der Waals surface area contributed by atoms with Gasteiger partial charge in [0.05, 0.1) is 25.3 Å².